The van der Waals surface area contributed by atoms with Crippen molar-refractivity contribution in [1.29, 1.82) is 0 Å². The van der Waals surface area contributed by atoms with Crippen molar-refractivity contribution in [2.75, 3.05) is 19.6 Å². The molecule has 3 nitrogen and oxygen atoms in total. The molecule has 0 spiro atoms. The lowest BCUT2D eigenvalue weighted by atomic mass is 10.2. The summed E-state index contributed by atoms with van der Waals surface area (Å²) in [7, 11) is 0. The Hall–Kier alpha value is -0.330. The predicted molar refractivity (Wildman–Crippen MR) is 88.9 cm³/mol. The van der Waals surface area contributed by atoms with Crippen LogP contribution in [0.5, 0.6) is 0 Å². The zero-order valence-corrected chi connectivity index (χ0v) is 14.5. The molecule has 0 aliphatic heterocycles. The van der Waals surface area contributed by atoms with Gasteiger partial charge in [-0.15, -0.1) is 0 Å². The monoisotopic (exact) mass is 394 g/mol. The summed E-state index contributed by atoms with van der Waals surface area (Å²) >= 11 is 8.07. The van der Waals surface area contributed by atoms with Gasteiger partial charge in [-0.25, -0.2) is 0 Å². The van der Waals surface area contributed by atoms with Crippen molar-refractivity contribution < 1.29 is 4.79 Å². The van der Waals surface area contributed by atoms with Crippen molar-refractivity contribution in [3.05, 3.63) is 32.4 Å². The van der Waals surface area contributed by atoms with Crippen LogP contribution in [0.4, 0.5) is 0 Å². The summed E-state index contributed by atoms with van der Waals surface area (Å²) in [5.74, 6) is -0.0469. The van der Waals surface area contributed by atoms with Gasteiger partial charge >= 0.3 is 0 Å². The number of nitrogens with one attached hydrogen (secondary N) is 1. The molecule has 0 fully saturated rings. The molecule has 1 amide bonds. The zero-order chi connectivity index (χ0) is 14.4. The summed E-state index contributed by atoms with van der Waals surface area (Å²) in [6, 6.07) is 5.81. The molecule has 0 saturated carbocycles. The minimum absolute atomic E-state index is 0.0469. The number of hydrogen-bond acceptors (Lipinski definition) is 2. The topological polar surface area (TPSA) is 32.3 Å². The summed E-state index contributed by atoms with van der Waals surface area (Å²) in [5.41, 5.74) is 0.654. The second-order valence-corrected chi connectivity index (χ2v) is 6.18. The number of benzene rings is 1. The molecule has 1 rings (SSSR count). The van der Waals surface area contributed by atoms with Gasteiger partial charge in [0.25, 0.3) is 5.91 Å². The SMILES string of the molecule is CCN(CCNC(=O)c1ccc(Cl)c(I)c1)C(C)C. The molecule has 0 aliphatic rings. The van der Waals surface area contributed by atoms with E-state index in [-0.39, 0.29) is 5.91 Å². The van der Waals surface area contributed by atoms with Gasteiger partial charge in [0, 0.05) is 28.3 Å². The van der Waals surface area contributed by atoms with Gasteiger partial charge in [-0.05, 0) is 61.2 Å². The standard InChI is InChI=1S/C14H20ClIN2O/c1-4-18(10(2)3)8-7-17-14(19)11-5-6-12(15)13(16)9-11/h5-6,9-10H,4,7-8H2,1-3H3,(H,17,19). The zero-order valence-electron chi connectivity index (χ0n) is 11.5. The first-order valence-electron chi connectivity index (χ1n) is 6.43. The largest absolute Gasteiger partial charge is 0.351 e. The van der Waals surface area contributed by atoms with Crippen LogP contribution in [0.2, 0.25) is 5.02 Å². The third-order valence-corrected chi connectivity index (χ3v) is 4.54. The fourth-order valence-corrected chi connectivity index (χ4v) is 2.47. The lowest BCUT2D eigenvalue weighted by molar-refractivity contribution is 0.0946. The second kappa shape index (κ2) is 8.07. The van der Waals surface area contributed by atoms with Gasteiger partial charge in [-0.3, -0.25) is 9.69 Å². The van der Waals surface area contributed by atoms with Crippen molar-refractivity contribution in [3.8, 4) is 0 Å². The first-order chi connectivity index (χ1) is 8.95. The average molecular weight is 395 g/mol. The van der Waals surface area contributed by atoms with E-state index in [4.69, 9.17) is 11.6 Å². The first kappa shape index (κ1) is 16.7. The van der Waals surface area contributed by atoms with Crippen molar-refractivity contribution in [3.63, 3.8) is 0 Å². The summed E-state index contributed by atoms with van der Waals surface area (Å²) in [6.07, 6.45) is 0. The molecule has 0 aromatic heterocycles. The van der Waals surface area contributed by atoms with Gasteiger partial charge in [0.1, 0.15) is 0 Å². The maximum Gasteiger partial charge on any atom is 0.251 e. The fraction of sp³-hybridized carbons (Fsp3) is 0.500. The van der Waals surface area contributed by atoms with Gasteiger partial charge in [-0.2, -0.15) is 0 Å². The molecule has 0 aliphatic carbocycles. The molecule has 0 unspecified atom stereocenters. The number of nitrogens with zero attached hydrogens (tertiary/aromatic N) is 1. The minimum atomic E-state index is -0.0469. The third-order valence-electron chi connectivity index (χ3n) is 3.00. The molecule has 1 aromatic rings. The molecular formula is C14H20ClIN2O. The van der Waals surface area contributed by atoms with E-state index < -0.39 is 0 Å². The molecule has 0 atom stereocenters. The lowest BCUT2D eigenvalue weighted by Crippen LogP contribution is -2.38. The number of amides is 1. The second-order valence-electron chi connectivity index (χ2n) is 4.61. The van der Waals surface area contributed by atoms with E-state index in [1.165, 1.54) is 0 Å². The lowest BCUT2D eigenvalue weighted by Gasteiger charge is -2.24. The maximum atomic E-state index is 12.0. The van der Waals surface area contributed by atoms with E-state index in [0.29, 0.717) is 23.2 Å². The van der Waals surface area contributed by atoms with Crippen LogP contribution in [-0.4, -0.2) is 36.5 Å². The van der Waals surface area contributed by atoms with Crippen LogP contribution in [-0.2, 0) is 0 Å². The molecule has 5 heteroatoms. The first-order valence-corrected chi connectivity index (χ1v) is 7.88. The van der Waals surface area contributed by atoms with E-state index in [9.17, 15) is 4.79 Å². The Balaban J connectivity index is 2.49. The van der Waals surface area contributed by atoms with E-state index in [1.54, 1.807) is 18.2 Å². The van der Waals surface area contributed by atoms with Crippen LogP contribution < -0.4 is 5.32 Å². The van der Waals surface area contributed by atoms with Gasteiger partial charge in [0.2, 0.25) is 0 Å². The normalized spacial score (nSPS) is 11.1. The summed E-state index contributed by atoms with van der Waals surface area (Å²) in [5, 5.41) is 3.61. The highest BCUT2D eigenvalue weighted by molar-refractivity contribution is 14.1. The third kappa shape index (κ3) is 5.28. The minimum Gasteiger partial charge on any atom is -0.351 e. The fourth-order valence-electron chi connectivity index (χ4n) is 1.83. The van der Waals surface area contributed by atoms with Crippen LogP contribution in [0.15, 0.2) is 18.2 Å². The Bertz CT molecular complexity index is 437. The highest BCUT2D eigenvalue weighted by Gasteiger charge is 2.09. The van der Waals surface area contributed by atoms with Crippen LogP contribution in [0, 0.1) is 3.57 Å². The van der Waals surface area contributed by atoms with Crippen LogP contribution in [0.25, 0.3) is 0 Å². The molecule has 19 heavy (non-hydrogen) atoms. The van der Waals surface area contributed by atoms with Crippen LogP contribution >= 0.6 is 34.2 Å². The summed E-state index contributed by atoms with van der Waals surface area (Å²) in [4.78, 5) is 14.3. The number of carbonyl (C=O) groups is 1. The number of carbonyl (C=O) groups excluding carboxylic acids is 1. The van der Waals surface area contributed by atoms with Gasteiger partial charge < -0.3 is 5.32 Å². The Morgan fingerprint density at radius 2 is 2.16 bits per heavy atom. The molecule has 0 heterocycles. The highest BCUT2D eigenvalue weighted by Crippen LogP contribution is 2.19. The van der Waals surface area contributed by atoms with Gasteiger partial charge in [-0.1, -0.05) is 18.5 Å². The van der Waals surface area contributed by atoms with E-state index in [1.807, 2.05) is 0 Å². The van der Waals surface area contributed by atoms with Crippen molar-refractivity contribution >= 4 is 40.1 Å². The average Bonchev–Trinajstić information content (AvgIpc) is 2.37. The number of halogens is 2. The predicted octanol–water partition coefficient (Wildman–Crippen LogP) is 3.40. The summed E-state index contributed by atoms with van der Waals surface area (Å²) < 4.78 is 0.893. The van der Waals surface area contributed by atoms with Crippen molar-refractivity contribution in [2.24, 2.45) is 0 Å². The van der Waals surface area contributed by atoms with Crippen molar-refractivity contribution in [1.82, 2.24) is 10.2 Å². The van der Waals surface area contributed by atoms with Crippen molar-refractivity contribution in [2.45, 2.75) is 26.8 Å². The molecule has 0 bridgehead atoms. The van der Waals surface area contributed by atoms with E-state index in [2.05, 4.69) is 53.6 Å². The van der Waals surface area contributed by atoms with Crippen LogP contribution in [0.3, 0.4) is 0 Å². The number of likely N-dealkylation sites (N-methyl/N-ethyl adjacent to an activating group) is 1. The van der Waals surface area contributed by atoms with Crippen LogP contribution in [0.1, 0.15) is 31.1 Å². The van der Waals surface area contributed by atoms with Gasteiger partial charge in [0.15, 0.2) is 0 Å². The van der Waals surface area contributed by atoms with E-state index in [0.717, 1.165) is 16.7 Å². The smallest absolute Gasteiger partial charge is 0.251 e. The molecule has 0 radical (unpaired) electrons. The molecule has 1 aromatic carbocycles. The molecule has 0 saturated heterocycles. The quantitative estimate of drug-likeness (QED) is 0.750. The molecule has 1 N–H and O–H groups in total. The number of hydrogen-bond donors (Lipinski definition) is 1. The summed E-state index contributed by atoms with van der Waals surface area (Å²) in [6.45, 7) is 8.96. The Morgan fingerprint density at radius 1 is 1.47 bits per heavy atom. The van der Waals surface area contributed by atoms with Gasteiger partial charge in [0.05, 0.1) is 5.02 Å². The van der Waals surface area contributed by atoms with E-state index >= 15 is 0 Å². The molecular weight excluding hydrogens is 375 g/mol. The Kier molecular flexibility index (Phi) is 7.10. The Labute approximate surface area is 133 Å². The number of rotatable bonds is 6. The Morgan fingerprint density at radius 3 is 2.68 bits per heavy atom. The highest BCUT2D eigenvalue weighted by atomic mass is 127. The molecule has 106 valence electrons. The maximum absolute atomic E-state index is 12.0.